The van der Waals surface area contributed by atoms with Crippen molar-refractivity contribution >= 4 is 206 Å². The van der Waals surface area contributed by atoms with Crippen molar-refractivity contribution in [3.05, 3.63) is 363 Å². The quantitative estimate of drug-likeness (QED) is 0.130. The molecule has 0 spiro atoms. The van der Waals surface area contributed by atoms with Gasteiger partial charge in [-0.15, -0.1) is 0 Å². The van der Waals surface area contributed by atoms with Gasteiger partial charge in [-0.05, 0) is 146 Å². The molecular formula is C102H83N3O8P4. The topological polar surface area (TPSA) is 115 Å². The first-order valence-electron chi connectivity index (χ1n) is 39.7. The molecule has 0 amide bonds. The molecule has 0 aliphatic rings. The van der Waals surface area contributed by atoms with Crippen molar-refractivity contribution < 1.29 is 33.6 Å². The molecule has 0 radical (unpaired) electrons. The zero-order valence-corrected chi connectivity index (χ0v) is 69.0. The molecule has 4 heterocycles. The Bertz CT molecular complexity index is 7260. The fourth-order valence-electron chi connectivity index (χ4n) is 16.2. The standard InChI is InChI=1S/C34H26NO2P.C24H22NO2P.C22H18NO2P.C22H17O2P/c1-3-11-25(12-4-1)23-35(24-26-13-5-2-6-14-26)38-36-31-21-19-27-15-7-9-17-29(27)33(31)34-30-18-10-8-16-28(30)20-22-32(34)37-38;1-3-25(4-2)28-26-21-15-13-17-9-5-7-11-19(17)23(21)24-20-12-8-6-10-18(20)14-16-22(24)27-28;1-23(2)26-24-19-13-11-15-7-3-5-9-17(15)21(19)22-18-10-6-4-8-16(18)12-14-20(22)25-26;1-2-25-23-19-13-11-15-7-3-5-9-17(15)21(19)22-18-10-6-4-8-16(18)12-14-20(22)24-25/h1-22H,23-24H2;5-16H,3-4H2,1-2H3;3-14H,1-2H3;3-14H,2H2,1H3. The molecule has 0 aliphatic carbocycles. The highest BCUT2D eigenvalue weighted by Crippen LogP contribution is 2.48. The lowest BCUT2D eigenvalue weighted by atomic mass is 9.99. The van der Waals surface area contributed by atoms with Crippen LogP contribution in [0.4, 0.5) is 0 Å². The Labute approximate surface area is 679 Å². The molecule has 22 aromatic rings. The molecule has 0 unspecified atom stereocenters. The third-order valence-corrected chi connectivity index (χ3v) is 27.6. The van der Waals surface area contributed by atoms with Crippen molar-refractivity contribution in [2.24, 2.45) is 0 Å². The van der Waals surface area contributed by atoms with Gasteiger partial charge in [0.2, 0.25) is 8.01 Å². The number of aryl methyl sites for hydroxylation is 1. The van der Waals surface area contributed by atoms with Crippen molar-refractivity contribution in [1.29, 1.82) is 0 Å². The first kappa shape index (κ1) is 74.6. The van der Waals surface area contributed by atoms with Gasteiger partial charge in [0.25, 0.3) is 0 Å². The molecule has 0 aliphatic heterocycles. The molecule has 4 aromatic heterocycles. The second-order valence-electron chi connectivity index (χ2n) is 29.2. The molecule has 574 valence electrons. The maximum Gasteiger partial charge on any atom is 0.310 e. The summed E-state index contributed by atoms with van der Waals surface area (Å²) in [5.41, 5.74) is 9.53. The molecule has 0 bridgehead atoms. The van der Waals surface area contributed by atoms with Gasteiger partial charge in [-0.1, -0.05) is 324 Å². The molecule has 0 saturated heterocycles. The smallest absolute Gasteiger partial charge is 0.310 e. The number of benzene rings is 18. The van der Waals surface area contributed by atoms with Gasteiger partial charge in [-0.3, -0.25) is 0 Å². The Morgan fingerprint density at radius 2 is 0.402 bits per heavy atom. The Hall–Kier alpha value is -12.5. The van der Waals surface area contributed by atoms with E-state index in [4.69, 9.17) is 33.6 Å². The predicted molar refractivity (Wildman–Crippen MR) is 499 cm³/mol. The Morgan fingerprint density at radius 3 is 0.615 bits per heavy atom. The fraction of sp³-hybridized carbons (Fsp3) is 0.0980. The van der Waals surface area contributed by atoms with Crippen LogP contribution < -0.4 is 14.0 Å². The van der Waals surface area contributed by atoms with E-state index in [9.17, 15) is 0 Å². The molecule has 0 fully saturated rings. The van der Waals surface area contributed by atoms with E-state index in [0.29, 0.717) is 13.1 Å². The first-order chi connectivity index (χ1) is 57.7. The van der Waals surface area contributed by atoms with E-state index in [-0.39, 0.29) is 0 Å². The summed E-state index contributed by atoms with van der Waals surface area (Å²) in [6.07, 6.45) is 0.855. The number of hydrogen-bond acceptors (Lipinski definition) is 11. The van der Waals surface area contributed by atoms with Crippen LogP contribution in [-0.2, 0) is 19.3 Å². The lowest BCUT2D eigenvalue weighted by Crippen LogP contribution is -2.18. The van der Waals surface area contributed by atoms with E-state index >= 15 is 0 Å². The average molecular weight is 1600 g/mol. The zero-order valence-electron chi connectivity index (χ0n) is 65.4. The highest BCUT2D eigenvalue weighted by molar-refractivity contribution is 7.39. The minimum Gasteiger partial charge on any atom is -0.419 e. The highest BCUT2D eigenvalue weighted by Gasteiger charge is 2.22. The summed E-state index contributed by atoms with van der Waals surface area (Å²) in [5.74, 6) is 0. The summed E-state index contributed by atoms with van der Waals surface area (Å²) in [6.45, 7) is 9.60. The van der Waals surface area contributed by atoms with E-state index in [1.807, 2.05) is 18.8 Å². The summed E-state index contributed by atoms with van der Waals surface area (Å²) >= 11 is 0. The second kappa shape index (κ2) is 33.0. The van der Waals surface area contributed by atoms with Gasteiger partial charge >= 0.3 is 24.5 Å². The normalized spacial score (nSPS) is 11.7. The third-order valence-electron chi connectivity index (χ3n) is 21.8. The van der Waals surface area contributed by atoms with Crippen LogP contribution in [0.5, 0.6) is 0 Å². The average Bonchev–Trinajstić information content (AvgIpc) is 1.70. The van der Waals surface area contributed by atoms with E-state index in [1.54, 1.807) is 0 Å². The summed E-state index contributed by atoms with van der Waals surface area (Å²) in [4.78, 5) is 0. The van der Waals surface area contributed by atoms with Crippen LogP contribution in [0.15, 0.2) is 385 Å². The SMILES string of the molecule is CCN(CC)p1oc2ccc3ccccc3c2c2c(ccc3ccccc32)o1.CCp1oc2ccc3ccccc3c2c2c(ccc3ccccc32)o1.CN(C)p1oc2ccc3ccccc3c2c2c(ccc3ccccc32)o1.c1ccc(CN(Cc2ccccc2)p2oc3ccc4ccccc4c3c3c(ccc4ccccc43)o2)cc1. The number of nitrogens with zero attached hydrogens (tertiary/aromatic N) is 3. The van der Waals surface area contributed by atoms with Crippen LogP contribution in [0, 0.1) is 0 Å². The van der Waals surface area contributed by atoms with Crippen LogP contribution in [0.3, 0.4) is 0 Å². The summed E-state index contributed by atoms with van der Waals surface area (Å²) in [7, 11) is -0.891. The van der Waals surface area contributed by atoms with Gasteiger partial charge in [-0.25, -0.2) is 9.34 Å². The monoisotopic (exact) mass is 1600 g/mol. The Kier molecular flexibility index (Phi) is 21.1. The van der Waals surface area contributed by atoms with Gasteiger partial charge in [-0.2, -0.15) is 4.67 Å². The molecule has 0 atom stereocenters. The van der Waals surface area contributed by atoms with E-state index in [0.717, 1.165) is 107 Å². The minimum absolute atomic E-state index is 0.716. The van der Waals surface area contributed by atoms with E-state index < -0.39 is 32.5 Å². The van der Waals surface area contributed by atoms with E-state index in [1.165, 1.54) is 97.3 Å². The maximum absolute atomic E-state index is 6.87. The molecule has 18 aromatic carbocycles. The number of hydrogen-bond donors (Lipinski definition) is 0. The van der Waals surface area contributed by atoms with Crippen molar-refractivity contribution in [2.45, 2.75) is 40.0 Å². The molecule has 117 heavy (non-hydrogen) atoms. The van der Waals surface area contributed by atoms with Crippen molar-refractivity contribution in [2.75, 3.05) is 41.2 Å². The zero-order chi connectivity index (χ0) is 78.9. The van der Waals surface area contributed by atoms with Crippen molar-refractivity contribution in [3.63, 3.8) is 0 Å². The number of rotatable bonds is 10. The van der Waals surface area contributed by atoms with Gasteiger partial charge in [0.05, 0.1) is 0 Å². The molecule has 15 heteroatoms. The maximum atomic E-state index is 6.87. The van der Waals surface area contributed by atoms with Crippen molar-refractivity contribution in [3.8, 4) is 0 Å². The van der Waals surface area contributed by atoms with Crippen molar-refractivity contribution in [1.82, 2.24) is 0 Å². The molecule has 0 N–H and O–H groups in total. The van der Waals surface area contributed by atoms with Crippen LogP contribution in [0.2, 0.25) is 0 Å². The number of fused-ring (bicyclic) bond motifs is 28. The largest absolute Gasteiger partial charge is 0.419 e. The highest BCUT2D eigenvalue weighted by atomic mass is 31.1. The summed E-state index contributed by atoms with van der Waals surface area (Å²) < 4.78 is 58.6. The molecule has 11 nitrogen and oxygen atoms in total. The lowest BCUT2D eigenvalue weighted by molar-refractivity contribution is 0.617. The van der Waals surface area contributed by atoms with Crippen LogP contribution >= 0.6 is 32.5 Å². The van der Waals surface area contributed by atoms with Crippen LogP contribution in [0.1, 0.15) is 31.9 Å². The lowest BCUT2D eigenvalue weighted by Gasteiger charge is -2.19. The minimum atomic E-state index is -1.46. The first-order valence-corrected chi connectivity index (χ1v) is 44.5. The summed E-state index contributed by atoms with van der Waals surface area (Å²) in [5, 5.41) is 28.1. The molecule has 0 saturated carbocycles. The Balaban J connectivity index is 0.000000105. The molecule has 22 rings (SSSR count). The van der Waals surface area contributed by atoms with Crippen LogP contribution in [-0.4, -0.2) is 27.2 Å². The predicted octanol–water partition coefficient (Wildman–Crippen LogP) is 31.9. The second-order valence-corrected chi connectivity index (χ2v) is 35.3. The fourth-order valence-corrected chi connectivity index (χ4v) is 21.1. The van der Waals surface area contributed by atoms with Gasteiger partial charge in [0.1, 0.15) is 44.7 Å². The van der Waals surface area contributed by atoms with Gasteiger partial charge in [0.15, 0.2) is 0 Å². The Morgan fingerprint density at radius 1 is 0.205 bits per heavy atom. The third kappa shape index (κ3) is 14.7. The van der Waals surface area contributed by atoms with Gasteiger partial charge in [0, 0.05) is 89.5 Å². The van der Waals surface area contributed by atoms with Crippen LogP contribution in [0.25, 0.3) is 174 Å². The van der Waals surface area contributed by atoms with E-state index in [2.05, 4.69) is 382 Å². The molecular weight excluding hydrogens is 1520 g/mol. The van der Waals surface area contributed by atoms with Gasteiger partial charge < -0.3 is 33.6 Å². The summed E-state index contributed by atoms with van der Waals surface area (Å²) in [6, 6.07) is 123.